The van der Waals surface area contributed by atoms with Gasteiger partial charge in [-0.1, -0.05) is 0 Å². The molecule has 0 saturated carbocycles. The van der Waals surface area contributed by atoms with Gasteiger partial charge in [0.2, 0.25) is 0 Å². The van der Waals surface area contributed by atoms with Crippen molar-refractivity contribution in [3.8, 4) is 11.4 Å². The molecule has 0 atom stereocenters. The van der Waals surface area contributed by atoms with Crippen molar-refractivity contribution in [3.05, 3.63) is 45.7 Å². The molecule has 17 heavy (non-hydrogen) atoms. The first-order chi connectivity index (χ1) is 7.99. The topological polar surface area (TPSA) is 25.8 Å². The van der Waals surface area contributed by atoms with Gasteiger partial charge in [0.05, 0.1) is 5.56 Å². The molecule has 0 saturated heterocycles. The smallest absolute Gasteiger partial charge is 0.163 e. The minimum atomic E-state index is -0.667. The molecule has 1 heterocycles. The zero-order chi connectivity index (χ0) is 12.6. The van der Waals surface area contributed by atoms with E-state index in [0.29, 0.717) is 4.60 Å². The summed E-state index contributed by atoms with van der Waals surface area (Å²) in [7, 11) is 0. The maximum absolute atomic E-state index is 13.6. The van der Waals surface area contributed by atoms with Gasteiger partial charge in [-0.15, -0.1) is 0 Å². The largest absolute Gasteiger partial charge is 0.233 e. The Hall–Kier alpha value is -1.36. The minimum Gasteiger partial charge on any atom is -0.233 e. The third-order valence-electron chi connectivity index (χ3n) is 2.50. The maximum atomic E-state index is 13.6. The van der Waals surface area contributed by atoms with Crippen LogP contribution in [0.4, 0.5) is 8.78 Å². The van der Waals surface area contributed by atoms with E-state index in [2.05, 4.69) is 25.9 Å². The molecule has 1 aromatic carbocycles. The van der Waals surface area contributed by atoms with Gasteiger partial charge in [-0.25, -0.2) is 18.7 Å². The molecular weight excluding hydrogens is 290 g/mol. The van der Waals surface area contributed by atoms with Gasteiger partial charge in [0.15, 0.2) is 5.82 Å². The molecule has 0 amide bonds. The summed E-state index contributed by atoms with van der Waals surface area (Å²) in [5.74, 6) is -1.04. The molecule has 1 aromatic heterocycles. The number of rotatable bonds is 1. The predicted octanol–water partition coefficient (Wildman–Crippen LogP) is 3.80. The first-order valence-electron chi connectivity index (χ1n) is 4.95. The SMILES string of the molecule is Cc1nc(-c2ccc(F)cc2F)nc(Br)c1C. The van der Waals surface area contributed by atoms with Crippen LogP contribution >= 0.6 is 15.9 Å². The van der Waals surface area contributed by atoms with Gasteiger partial charge in [-0.2, -0.15) is 0 Å². The lowest BCUT2D eigenvalue weighted by molar-refractivity contribution is 0.585. The van der Waals surface area contributed by atoms with Gasteiger partial charge in [-0.05, 0) is 41.9 Å². The second kappa shape index (κ2) is 4.49. The Morgan fingerprint density at radius 1 is 1.12 bits per heavy atom. The third-order valence-corrected chi connectivity index (χ3v) is 3.27. The molecule has 2 nitrogen and oxygen atoms in total. The summed E-state index contributed by atoms with van der Waals surface area (Å²) in [5.41, 5.74) is 1.84. The standard InChI is InChI=1S/C12H9BrF2N2/c1-6-7(2)16-12(17-11(6)13)9-4-3-8(14)5-10(9)15/h3-5H,1-2H3. The van der Waals surface area contributed by atoms with Crippen molar-refractivity contribution < 1.29 is 8.78 Å². The van der Waals surface area contributed by atoms with Crippen LogP contribution in [0.25, 0.3) is 11.4 Å². The number of nitrogens with zero attached hydrogens (tertiary/aromatic N) is 2. The molecule has 2 aromatic rings. The Bertz CT molecular complexity index is 562. The molecule has 0 bridgehead atoms. The lowest BCUT2D eigenvalue weighted by atomic mass is 10.2. The molecule has 2 rings (SSSR count). The van der Waals surface area contributed by atoms with Crippen molar-refractivity contribution in [1.82, 2.24) is 9.97 Å². The van der Waals surface area contributed by atoms with Crippen LogP contribution in [-0.2, 0) is 0 Å². The van der Waals surface area contributed by atoms with E-state index in [9.17, 15) is 8.78 Å². The zero-order valence-electron chi connectivity index (χ0n) is 9.26. The van der Waals surface area contributed by atoms with Crippen LogP contribution in [0.1, 0.15) is 11.3 Å². The van der Waals surface area contributed by atoms with Crippen molar-refractivity contribution >= 4 is 15.9 Å². The Morgan fingerprint density at radius 2 is 1.82 bits per heavy atom. The van der Waals surface area contributed by atoms with E-state index in [-0.39, 0.29) is 11.4 Å². The van der Waals surface area contributed by atoms with Crippen LogP contribution in [0.5, 0.6) is 0 Å². The van der Waals surface area contributed by atoms with E-state index >= 15 is 0 Å². The molecule has 0 fully saturated rings. The molecule has 88 valence electrons. The maximum Gasteiger partial charge on any atom is 0.163 e. The fraction of sp³-hybridized carbons (Fsp3) is 0.167. The second-order valence-corrected chi connectivity index (χ2v) is 4.42. The first kappa shape index (κ1) is 12.1. The first-order valence-corrected chi connectivity index (χ1v) is 5.74. The molecule has 0 aliphatic carbocycles. The van der Waals surface area contributed by atoms with Crippen LogP contribution in [0.3, 0.4) is 0 Å². The lowest BCUT2D eigenvalue weighted by Gasteiger charge is -2.07. The van der Waals surface area contributed by atoms with Gasteiger partial charge < -0.3 is 0 Å². The summed E-state index contributed by atoms with van der Waals surface area (Å²) in [6.45, 7) is 3.68. The quantitative estimate of drug-likeness (QED) is 0.748. The van der Waals surface area contributed by atoms with Gasteiger partial charge >= 0.3 is 0 Å². The number of hydrogen-bond donors (Lipinski definition) is 0. The normalized spacial score (nSPS) is 10.6. The summed E-state index contributed by atoms with van der Waals surface area (Å²) in [4.78, 5) is 8.33. The average molecular weight is 299 g/mol. The summed E-state index contributed by atoms with van der Waals surface area (Å²) in [6, 6.07) is 3.34. The second-order valence-electron chi connectivity index (χ2n) is 3.67. The Kier molecular flexibility index (Phi) is 3.19. The highest BCUT2D eigenvalue weighted by Gasteiger charge is 2.12. The molecule has 0 N–H and O–H groups in total. The molecule has 0 radical (unpaired) electrons. The molecule has 0 unspecified atom stereocenters. The molecular formula is C12H9BrF2N2. The summed E-state index contributed by atoms with van der Waals surface area (Å²) < 4.78 is 27.0. The average Bonchev–Trinajstić information content (AvgIpc) is 2.25. The number of benzene rings is 1. The van der Waals surface area contributed by atoms with Crippen LogP contribution in [0.2, 0.25) is 0 Å². The van der Waals surface area contributed by atoms with E-state index in [1.54, 1.807) is 0 Å². The van der Waals surface area contributed by atoms with E-state index in [1.807, 2.05) is 13.8 Å². The lowest BCUT2D eigenvalue weighted by Crippen LogP contribution is -1.98. The molecule has 5 heteroatoms. The van der Waals surface area contributed by atoms with Gasteiger partial charge in [0, 0.05) is 17.3 Å². The Balaban J connectivity index is 2.61. The number of hydrogen-bond acceptors (Lipinski definition) is 2. The number of aromatic nitrogens is 2. The van der Waals surface area contributed by atoms with Gasteiger partial charge in [-0.3, -0.25) is 0 Å². The van der Waals surface area contributed by atoms with E-state index < -0.39 is 11.6 Å². The minimum absolute atomic E-state index is 0.190. The van der Waals surface area contributed by atoms with E-state index in [1.165, 1.54) is 12.1 Å². The predicted molar refractivity (Wildman–Crippen MR) is 64.6 cm³/mol. The Labute approximate surface area is 106 Å². The fourth-order valence-electron chi connectivity index (χ4n) is 1.39. The monoisotopic (exact) mass is 298 g/mol. The van der Waals surface area contributed by atoms with E-state index in [0.717, 1.165) is 17.3 Å². The summed E-state index contributed by atoms with van der Waals surface area (Å²) in [5, 5.41) is 0. The summed E-state index contributed by atoms with van der Waals surface area (Å²) in [6.07, 6.45) is 0. The van der Waals surface area contributed by atoms with Crippen LogP contribution < -0.4 is 0 Å². The fourth-order valence-corrected chi connectivity index (χ4v) is 1.84. The van der Waals surface area contributed by atoms with Crippen molar-refractivity contribution in [2.75, 3.05) is 0 Å². The number of halogens is 3. The van der Waals surface area contributed by atoms with Crippen LogP contribution in [0.15, 0.2) is 22.8 Å². The third kappa shape index (κ3) is 2.34. The van der Waals surface area contributed by atoms with Crippen molar-refractivity contribution in [1.29, 1.82) is 0 Å². The van der Waals surface area contributed by atoms with Crippen molar-refractivity contribution in [2.45, 2.75) is 13.8 Å². The zero-order valence-corrected chi connectivity index (χ0v) is 10.8. The van der Waals surface area contributed by atoms with E-state index in [4.69, 9.17) is 0 Å². The van der Waals surface area contributed by atoms with Crippen LogP contribution in [0, 0.1) is 25.5 Å². The highest BCUT2D eigenvalue weighted by molar-refractivity contribution is 9.10. The van der Waals surface area contributed by atoms with Gasteiger partial charge in [0.1, 0.15) is 16.2 Å². The Morgan fingerprint density at radius 3 is 2.41 bits per heavy atom. The van der Waals surface area contributed by atoms with Gasteiger partial charge in [0.25, 0.3) is 0 Å². The highest BCUT2D eigenvalue weighted by atomic mass is 79.9. The molecule has 0 aliphatic heterocycles. The molecule has 0 aliphatic rings. The molecule has 0 spiro atoms. The summed E-state index contributed by atoms with van der Waals surface area (Å²) >= 11 is 3.29. The van der Waals surface area contributed by atoms with Crippen molar-refractivity contribution in [3.63, 3.8) is 0 Å². The van der Waals surface area contributed by atoms with Crippen molar-refractivity contribution in [2.24, 2.45) is 0 Å². The van der Waals surface area contributed by atoms with Crippen LogP contribution in [-0.4, -0.2) is 9.97 Å². The number of aryl methyl sites for hydroxylation is 1. The highest BCUT2D eigenvalue weighted by Crippen LogP contribution is 2.24.